The van der Waals surface area contributed by atoms with Crippen molar-refractivity contribution in [2.24, 2.45) is 5.73 Å². The monoisotopic (exact) mass is 406 g/mol. The Morgan fingerprint density at radius 3 is 2.68 bits per heavy atom. The van der Waals surface area contributed by atoms with Crippen LogP contribution in [-0.4, -0.2) is 43.0 Å². The zero-order valence-corrected chi connectivity index (χ0v) is 16.9. The van der Waals surface area contributed by atoms with Crippen molar-refractivity contribution in [1.82, 2.24) is 9.88 Å². The third-order valence-corrected chi connectivity index (χ3v) is 4.01. The van der Waals surface area contributed by atoms with E-state index in [9.17, 15) is 4.79 Å². The number of thiazole rings is 1. The highest BCUT2D eigenvalue weighted by Gasteiger charge is 2.13. The molecular weight excluding hydrogens is 383 g/mol. The first-order chi connectivity index (χ1) is 11.0. The number of carbonyl (C=O) groups excluding carboxylic acids is 1. The average molecular weight is 407 g/mol. The van der Waals surface area contributed by atoms with Crippen LogP contribution in [0.2, 0.25) is 0 Å². The molecule has 0 aliphatic carbocycles. The molecule has 3 N–H and O–H groups in total. The lowest BCUT2D eigenvalue weighted by molar-refractivity contribution is 0.102. The van der Waals surface area contributed by atoms with E-state index in [4.69, 9.17) is 10.5 Å². The van der Waals surface area contributed by atoms with Gasteiger partial charge >= 0.3 is 0 Å². The summed E-state index contributed by atoms with van der Waals surface area (Å²) in [6.07, 6.45) is 0. The van der Waals surface area contributed by atoms with Crippen LogP contribution in [0.25, 0.3) is 0 Å². The van der Waals surface area contributed by atoms with Crippen molar-refractivity contribution in [2.75, 3.05) is 32.6 Å². The SMILES string of the molecule is Cc1ccc(NC(=O)c2csc(CN)n2)c(OCCN(C)C)c1.Cl.Cl. The quantitative estimate of drug-likeness (QED) is 0.738. The van der Waals surface area contributed by atoms with E-state index in [1.807, 2.05) is 44.1 Å². The minimum atomic E-state index is -0.262. The molecule has 0 atom stereocenters. The van der Waals surface area contributed by atoms with Crippen molar-refractivity contribution in [2.45, 2.75) is 13.5 Å². The van der Waals surface area contributed by atoms with Crippen molar-refractivity contribution >= 4 is 47.7 Å². The van der Waals surface area contributed by atoms with E-state index >= 15 is 0 Å². The molecule has 0 bridgehead atoms. The number of aryl methyl sites for hydroxylation is 1. The fraction of sp³-hybridized carbons (Fsp3) is 0.375. The highest BCUT2D eigenvalue weighted by molar-refractivity contribution is 7.09. The maximum absolute atomic E-state index is 12.3. The molecule has 0 aliphatic rings. The van der Waals surface area contributed by atoms with E-state index in [0.717, 1.165) is 17.1 Å². The third-order valence-electron chi connectivity index (χ3n) is 3.14. The Morgan fingerprint density at radius 2 is 2.08 bits per heavy atom. The molecule has 0 radical (unpaired) electrons. The van der Waals surface area contributed by atoms with Crippen molar-refractivity contribution in [3.63, 3.8) is 0 Å². The number of rotatable bonds is 7. The number of benzene rings is 1. The fourth-order valence-corrected chi connectivity index (χ4v) is 2.54. The van der Waals surface area contributed by atoms with Gasteiger partial charge in [-0.15, -0.1) is 36.2 Å². The van der Waals surface area contributed by atoms with E-state index in [1.54, 1.807) is 5.38 Å². The molecule has 2 aromatic rings. The molecule has 0 aliphatic heterocycles. The summed E-state index contributed by atoms with van der Waals surface area (Å²) in [5.41, 5.74) is 7.61. The molecular formula is C16H24Cl2N4O2S. The Hall–Kier alpha value is -1.38. The number of nitrogens with one attached hydrogen (secondary N) is 1. The van der Waals surface area contributed by atoms with Gasteiger partial charge in [0.2, 0.25) is 0 Å². The summed E-state index contributed by atoms with van der Waals surface area (Å²) in [5, 5.41) is 5.30. The molecule has 1 amide bonds. The predicted octanol–water partition coefficient (Wildman–Crippen LogP) is 2.95. The number of halogens is 2. The van der Waals surface area contributed by atoms with Crippen LogP contribution in [0.1, 0.15) is 21.1 Å². The number of aromatic nitrogens is 1. The average Bonchev–Trinajstić information content (AvgIpc) is 2.98. The van der Waals surface area contributed by atoms with Crippen LogP contribution >= 0.6 is 36.2 Å². The highest BCUT2D eigenvalue weighted by Crippen LogP contribution is 2.26. The molecule has 6 nitrogen and oxygen atoms in total. The van der Waals surface area contributed by atoms with Gasteiger partial charge in [-0.1, -0.05) is 6.07 Å². The molecule has 1 aromatic heterocycles. The molecule has 9 heteroatoms. The van der Waals surface area contributed by atoms with E-state index in [1.165, 1.54) is 11.3 Å². The molecule has 1 heterocycles. The number of hydrogen-bond donors (Lipinski definition) is 2. The van der Waals surface area contributed by atoms with Crippen LogP contribution in [0, 0.1) is 6.92 Å². The van der Waals surface area contributed by atoms with Crippen LogP contribution in [-0.2, 0) is 6.54 Å². The van der Waals surface area contributed by atoms with Gasteiger partial charge in [0.05, 0.1) is 5.69 Å². The lowest BCUT2D eigenvalue weighted by Crippen LogP contribution is -2.20. The van der Waals surface area contributed by atoms with Crippen LogP contribution < -0.4 is 15.8 Å². The summed E-state index contributed by atoms with van der Waals surface area (Å²) in [4.78, 5) is 18.5. The lowest BCUT2D eigenvalue weighted by Gasteiger charge is -2.15. The smallest absolute Gasteiger partial charge is 0.275 e. The van der Waals surface area contributed by atoms with Crippen molar-refractivity contribution in [1.29, 1.82) is 0 Å². The second kappa shape index (κ2) is 11.3. The predicted molar refractivity (Wildman–Crippen MR) is 108 cm³/mol. The maximum atomic E-state index is 12.3. The summed E-state index contributed by atoms with van der Waals surface area (Å²) in [6.45, 7) is 3.67. The van der Waals surface area contributed by atoms with Crippen LogP contribution in [0.4, 0.5) is 5.69 Å². The first-order valence-electron chi connectivity index (χ1n) is 7.33. The normalized spacial score (nSPS) is 9.96. The van der Waals surface area contributed by atoms with Crippen molar-refractivity contribution < 1.29 is 9.53 Å². The number of nitrogens with zero attached hydrogens (tertiary/aromatic N) is 2. The van der Waals surface area contributed by atoms with Gasteiger partial charge in [0, 0.05) is 18.5 Å². The Bertz CT molecular complexity index is 680. The van der Waals surface area contributed by atoms with Crippen molar-refractivity contribution in [3.8, 4) is 5.75 Å². The molecule has 0 spiro atoms. The van der Waals surface area contributed by atoms with Gasteiger partial charge in [0.1, 0.15) is 23.1 Å². The molecule has 25 heavy (non-hydrogen) atoms. The van der Waals surface area contributed by atoms with Gasteiger partial charge in [-0.3, -0.25) is 4.79 Å². The highest BCUT2D eigenvalue weighted by atomic mass is 35.5. The van der Waals surface area contributed by atoms with E-state index < -0.39 is 0 Å². The zero-order valence-electron chi connectivity index (χ0n) is 14.4. The lowest BCUT2D eigenvalue weighted by atomic mass is 10.2. The minimum Gasteiger partial charge on any atom is -0.490 e. The number of amides is 1. The molecule has 140 valence electrons. The summed E-state index contributed by atoms with van der Waals surface area (Å²) in [6, 6.07) is 5.69. The number of carbonyl (C=O) groups is 1. The molecule has 2 rings (SSSR count). The number of nitrogens with two attached hydrogens (primary N) is 1. The largest absolute Gasteiger partial charge is 0.490 e. The second-order valence-electron chi connectivity index (χ2n) is 5.44. The van der Waals surface area contributed by atoms with Crippen LogP contribution in [0.5, 0.6) is 5.75 Å². The molecule has 0 fully saturated rings. The van der Waals surface area contributed by atoms with E-state index in [-0.39, 0.29) is 30.7 Å². The van der Waals surface area contributed by atoms with Gasteiger partial charge in [-0.25, -0.2) is 4.98 Å². The Labute approximate surface area is 164 Å². The Kier molecular flexibility index (Phi) is 10.7. The van der Waals surface area contributed by atoms with Crippen molar-refractivity contribution in [3.05, 3.63) is 39.8 Å². The standard InChI is InChI=1S/C16H22N4O2S.2ClH/c1-11-4-5-12(14(8-11)22-7-6-20(2)3)19-16(21)13-10-23-15(9-17)18-13;;/h4-5,8,10H,6-7,9,17H2,1-3H3,(H,19,21);2*1H. The molecule has 0 unspecified atom stereocenters. The number of anilines is 1. The Morgan fingerprint density at radius 1 is 1.36 bits per heavy atom. The molecule has 1 aromatic carbocycles. The molecule has 0 saturated carbocycles. The number of likely N-dealkylation sites (N-methyl/N-ethyl adjacent to an activating group) is 1. The summed E-state index contributed by atoms with van der Waals surface area (Å²) in [5.74, 6) is 0.400. The van der Waals surface area contributed by atoms with Crippen LogP contribution in [0.15, 0.2) is 23.6 Å². The van der Waals surface area contributed by atoms with E-state index in [0.29, 0.717) is 30.3 Å². The molecule has 0 saturated heterocycles. The van der Waals surface area contributed by atoms with Gasteiger partial charge in [0.25, 0.3) is 5.91 Å². The van der Waals surface area contributed by atoms with Crippen LogP contribution in [0.3, 0.4) is 0 Å². The topological polar surface area (TPSA) is 80.5 Å². The second-order valence-corrected chi connectivity index (χ2v) is 6.38. The number of ether oxygens (including phenoxy) is 1. The summed E-state index contributed by atoms with van der Waals surface area (Å²) >= 11 is 1.38. The fourth-order valence-electron chi connectivity index (χ4n) is 1.89. The zero-order chi connectivity index (χ0) is 16.8. The minimum absolute atomic E-state index is 0. The maximum Gasteiger partial charge on any atom is 0.275 e. The third kappa shape index (κ3) is 7.17. The van der Waals surface area contributed by atoms with Gasteiger partial charge in [0.15, 0.2) is 0 Å². The van der Waals surface area contributed by atoms with Gasteiger partial charge in [-0.2, -0.15) is 0 Å². The van der Waals surface area contributed by atoms with E-state index in [2.05, 4.69) is 10.3 Å². The number of hydrogen-bond acceptors (Lipinski definition) is 6. The first-order valence-corrected chi connectivity index (χ1v) is 8.21. The summed E-state index contributed by atoms with van der Waals surface area (Å²) in [7, 11) is 3.97. The first kappa shape index (κ1) is 23.6. The van der Waals surface area contributed by atoms with Gasteiger partial charge < -0.3 is 20.7 Å². The van der Waals surface area contributed by atoms with Gasteiger partial charge in [-0.05, 0) is 38.7 Å². The Balaban J connectivity index is 0.00000288. The summed E-state index contributed by atoms with van der Waals surface area (Å²) < 4.78 is 5.80.